The number of guanidine groups is 1. The highest BCUT2D eigenvalue weighted by Crippen LogP contribution is 2.31. The summed E-state index contributed by atoms with van der Waals surface area (Å²) in [5, 5.41) is 6.78. The molecule has 0 saturated carbocycles. The van der Waals surface area contributed by atoms with Crippen LogP contribution in [0.4, 0.5) is 0 Å². The first-order valence-electron chi connectivity index (χ1n) is 8.95. The van der Waals surface area contributed by atoms with Crippen LogP contribution in [0.2, 0.25) is 0 Å². The van der Waals surface area contributed by atoms with Crippen molar-refractivity contribution in [3.05, 3.63) is 59.7 Å². The molecule has 7 heteroatoms. The molecule has 0 saturated heterocycles. The van der Waals surface area contributed by atoms with Crippen molar-refractivity contribution in [2.75, 3.05) is 26.5 Å². The summed E-state index contributed by atoms with van der Waals surface area (Å²) in [6, 6.07) is 15.2. The fraction of sp³-hybridized carbons (Fsp3) is 0.350. The lowest BCUT2D eigenvalue weighted by molar-refractivity contribution is 0.261. The van der Waals surface area contributed by atoms with Gasteiger partial charge in [0.25, 0.3) is 0 Å². The quantitative estimate of drug-likeness (QED) is 0.608. The molecular weight excluding hydrogens is 362 g/mol. The topological polar surface area (TPSA) is 79.8 Å². The normalized spacial score (nSPS) is 17.0. The van der Waals surface area contributed by atoms with Crippen LogP contribution in [0.3, 0.4) is 0 Å². The van der Waals surface area contributed by atoms with Gasteiger partial charge in [-0.3, -0.25) is 4.99 Å². The first-order valence-corrected chi connectivity index (χ1v) is 10.8. The second-order valence-electron chi connectivity index (χ2n) is 6.54. The number of nitrogens with zero attached hydrogens (tertiary/aromatic N) is 1. The van der Waals surface area contributed by atoms with E-state index in [4.69, 9.17) is 4.74 Å². The first-order chi connectivity index (χ1) is 13.0. The van der Waals surface area contributed by atoms with E-state index in [2.05, 4.69) is 21.7 Å². The molecule has 0 aromatic heterocycles. The van der Waals surface area contributed by atoms with Gasteiger partial charge in [0.15, 0.2) is 15.8 Å². The number of para-hydroxylation sites is 1. The summed E-state index contributed by atoms with van der Waals surface area (Å²) in [5.74, 6) is 1.66. The maximum Gasteiger partial charge on any atom is 0.191 e. The molecular formula is C20H25N3O3S. The Balaban J connectivity index is 1.55. The van der Waals surface area contributed by atoms with Crippen molar-refractivity contribution in [2.45, 2.75) is 23.8 Å². The Labute approximate surface area is 160 Å². The Kier molecular flexibility index (Phi) is 6.01. The summed E-state index contributed by atoms with van der Waals surface area (Å²) in [4.78, 5) is 4.65. The van der Waals surface area contributed by atoms with Crippen LogP contribution in [0.15, 0.2) is 58.4 Å². The number of sulfone groups is 1. The lowest BCUT2D eigenvalue weighted by atomic mass is 10.0. The van der Waals surface area contributed by atoms with Gasteiger partial charge in [0.05, 0.1) is 17.5 Å². The minimum absolute atomic E-state index is 0.162. The molecule has 1 aliphatic heterocycles. The molecule has 0 aliphatic carbocycles. The third-order valence-electron chi connectivity index (χ3n) is 4.55. The van der Waals surface area contributed by atoms with Crippen LogP contribution < -0.4 is 15.4 Å². The van der Waals surface area contributed by atoms with Crippen molar-refractivity contribution < 1.29 is 13.2 Å². The Bertz CT molecular complexity index is 908. The maximum absolute atomic E-state index is 11.5. The fourth-order valence-corrected chi connectivity index (χ4v) is 3.71. The molecule has 1 aliphatic rings. The number of aliphatic imine (C=N–C) groups is 1. The molecule has 1 atom stereocenters. The van der Waals surface area contributed by atoms with Crippen LogP contribution in [0.25, 0.3) is 0 Å². The monoisotopic (exact) mass is 387 g/mol. The fourth-order valence-electron chi connectivity index (χ4n) is 3.08. The molecule has 2 aromatic rings. The van der Waals surface area contributed by atoms with E-state index in [9.17, 15) is 8.42 Å². The van der Waals surface area contributed by atoms with E-state index >= 15 is 0 Å². The molecule has 27 heavy (non-hydrogen) atoms. The van der Waals surface area contributed by atoms with Crippen LogP contribution in [0.1, 0.15) is 23.6 Å². The molecule has 6 nitrogen and oxygen atoms in total. The highest BCUT2D eigenvalue weighted by molar-refractivity contribution is 7.90. The van der Waals surface area contributed by atoms with Gasteiger partial charge >= 0.3 is 0 Å². The van der Waals surface area contributed by atoms with Crippen molar-refractivity contribution >= 4 is 15.8 Å². The molecule has 0 bridgehead atoms. The number of ether oxygens (including phenoxy) is 1. The summed E-state index contributed by atoms with van der Waals surface area (Å²) in [6.07, 6.45) is 2.87. The van der Waals surface area contributed by atoms with Crippen molar-refractivity contribution in [2.24, 2.45) is 4.99 Å². The highest BCUT2D eigenvalue weighted by atomic mass is 32.2. The van der Waals surface area contributed by atoms with Crippen molar-refractivity contribution in [1.82, 2.24) is 10.6 Å². The lowest BCUT2D eigenvalue weighted by Crippen LogP contribution is -2.41. The van der Waals surface area contributed by atoms with Crippen LogP contribution >= 0.6 is 0 Å². The number of fused-ring (bicyclic) bond motifs is 1. The van der Waals surface area contributed by atoms with Gasteiger partial charge in [0.1, 0.15) is 5.75 Å². The van der Waals surface area contributed by atoms with Gasteiger partial charge in [-0.15, -0.1) is 0 Å². The minimum atomic E-state index is -3.15. The van der Waals surface area contributed by atoms with E-state index < -0.39 is 9.84 Å². The number of rotatable bonds is 5. The predicted molar refractivity (Wildman–Crippen MR) is 107 cm³/mol. The molecule has 2 N–H and O–H groups in total. The molecule has 1 heterocycles. The van der Waals surface area contributed by atoms with Crippen molar-refractivity contribution in [3.63, 3.8) is 0 Å². The molecule has 144 valence electrons. The Hall–Kier alpha value is -2.54. The van der Waals surface area contributed by atoms with E-state index in [1.165, 1.54) is 6.26 Å². The molecule has 0 fully saturated rings. The smallest absolute Gasteiger partial charge is 0.191 e. The van der Waals surface area contributed by atoms with Gasteiger partial charge < -0.3 is 15.4 Å². The Morgan fingerprint density at radius 1 is 1.19 bits per heavy atom. The standard InChI is InChI=1S/C20H25N3O3S/c1-21-20(23-18-12-14-26-19-6-4-3-5-17(18)19)22-13-11-15-7-9-16(10-8-15)27(2,24)25/h3-10,18H,11-14H2,1-2H3,(H2,21,22,23). The van der Waals surface area contributed by atoms with E-state index in [1.54, 1.807) is 19.2 Å². The van der Waals surface area contributed by atoms with E-state index in [1.807, 2.05) is 30.3 Å². The summed E-state index contributed by atoms with van der Waals surface area (Å²) >= 11 is 0. The van der Waals surface area contributed by atoms with Crippen molar-refractivity contribution in [3.8, 4) is 5.75 Å². The highest BCUT2D eigenvalue weighted by Gasteiger charge is 2.21. The maximum atomic E-state index is 11.5. The van der Waals surface area contributed by atoms with E-state index in [0.29, 0.717) is 18.0 Å². The van der Waals surface area contributed by atoms with Crippen LogP contribution in [-0.4, -0.2) is 40.8 Å². The van der Waals surface area contributed by atoms with Crippen molar-refractivity contribution in [1.29, 1.82) is 0 Å². The van der Waals surface area contributed by atoms with Crippen LogP contribution in [0, 0.1) is 0 Å². The molecule has 0 spiro atoms. The predicted octanol–water partition coefficient (Wildman–Crippen LogP) is 2.32. The number of nitrogens with one attached hydrogen (secondary N) is 2. The third kappa shape index (κ3) is 5.01. The summed E-state index contributed by atoms with van der Waals surface area (Å²) in [5.41, 5.74) is 2.21. The van der Waals surface area contributed by atoms with Gasteiger partial charge in [-0.05, 0) is 30.2 Å². The zero-order chi connectivity index (χ0) is 19.3. The van der Waals surface area contributed by atoms with E-state index in [-0.39, 0.29) is 6.04 Å². The van der Waals surface area contributed by atoms with E-state index in [0.717, 1.165) is 35.7 Å². The van der Waals surface area contributed by atoms with Gasteiger partial charge in [0.2, 0.25) is 0 Å². The third-order valence-corrected chi connectivity index (χ3v) is 5.68. The second-order valence-corrected chi connectivity index (χ2v) is 8.55. The van der Waals surface area contributed by atoms with Crippen LogP contribution in [0.5, 0.6) is 5.75 Å². The molecule has 2 aromatic carbocycles. The average molecular weight is 388 g/mol. The first kappa shape index (κ1) is 19.2. The van der Waals surface area contributed by atoms with Gasteiger partial charge in [-0.2, -0.15) is 0 Å². The number of hydrogen-bond donors (Lipinski definition) is 2. The zero-order valence-electron chi connectivity index (χ0n) is 15.6. The Morgan fingerprint density at radius 3 is 2.63 bits per heavy atom. The summed E-state index contributed by atoms with van der Waals surface area (Å²) < 4.78 is 28.7. The van der Waals surface area contributed by atoms with Gasteiger partial charge in [-0.1, -0.05) is 30.3 Å². The molecule has 0 amide bonds. The average Bonchev–Trinajstić information content (AvgIpc) is 2.67. The lowest BCUT2D eigenvalue weighted by Gasteiger charge is -2.28. The zero-order valence-corrected chi connectivity index (χ0v) is 16.4. The van der Waals surface area contributed by atoms with Gasteiger partial charge in [0, 0.05) is 31.8 Å². The SMILES string of the molecule is CN=C(NCCc1ccc(S(C)(=O)=O)cc1)NC1CCOc2ccccc21. The second kappa shape index (κ2) is 8.43. The number of benzene rings is 2. The summed E-state index contributed by atoms with van der Waals surface area (Å²) in [6.45, 7) is 1.38. The Morgan fingerprint density at radius 2 is 1.93 bits per heavy atom. The molecule has 3 rings (SSSR count). The summed E-state index contributed by atoms with van der Waals surface area (Å²) in [7, 11) is -1.40. The largest absolute Gasteiger partial charge is 0.493 e. The molecule has 0 radical (unpaired) electrons. The molecule has 1 unspecified atom stereocenters. The van der Waals surface area contributed by atoms with Crippen LogP contribution in [-0.2, 0) is 16.3 Å². The van der Waals surface area contributed by atoms with Gasteiger partial charge in [-0.25, -0.2) is 8.42 Å². The minimum Gasteiger partial charge on any atom is -0.493 e. The number of hydrogen-bond acceptors (Lipinski definition) is 4.